The second-order valence-corrected chi connectivity index (χ2v) is 4.94. The Balaban J connectivity index is 1.74. The van der Waals surface area contributed by atoms with E-state index >= 15 is 0 Å². The van der Waals surface area contributed by atoms with E-state index in [-0.39, 0.29) is 5.56 Å². The van der Waals surface area contributed by atoms with Crippen LogP contribution in [0.5, 0.6) is 5.75 Å². The zero-order valence-corrected chi connectivity index (χ0v) is 11.1. The number of hydrogen-bond donors (Lipinski definition) is 2. The Bertz CT molecular complexity index is 414. The molecule has 19 heavy (non-hydrogen) atoms. The van der Waals surface area contributed by atoms with Crippen LogP contribution in [0.1, 0.15) is 42.5 Å². The summed E-state index contributed by atoms with van der Waals surface area (Å²) in [7, 11) is 0. The standard InChI is InChI=1S/C15H21NO3/c17-15(18)13-8-4-5-9-14(13)19-11-10-16-12-6-2-1-3-7-12/h4-5,8-9,12,16H,1-3,6-7,10-11H2,(H,17,18). The van der Waals surface area contributed by atoms with Crippen molar-refractivity contribution >= 4 is 5.97 Å². The second kappa shape index (κ2) is 7.14. The average molecular weight is 263 g/mol. The van der Waals surface area contributed by atoms with Crippen molar-refractivity contribution < 1.29 is 14.6 Å². The highest BCUT2D eigenvalue weighted by molar-refractivity contribution is 5.90. The maximum absolute atomic E-state index is 11.0. The summed E-state index contributed by atoms with van der Waals surface area (Å²) in [5.74, 6) is -0.503. The summed E-state index contributed by atoms with van der Waals surface area (Å²) in [6.45, 7) is 1.26. The molecular formula is C15H21NO3. The molecule has 0 bridgehead atoms. The fourth-order valence-electron chi connectivity index (χ4n) is 2.50. The second-order valence-electron chi connectivity index (χ2n) is 4.94. The third kappa shape index (κ3) is 4.24. The Kier molecular flexibility index (Phi) is 5.21. The highest BCUT2D eigenvalue weighted by Crippen LogP contribution is 2.18. The number of carboxylic acids is 1. The van der Waals surface area contributed by atoms with Crippen LogP contribution in [-0.2, 0) is 0 Å². The SMILES string of the molecule is O=C(O)c1ccccc1OCCNC1CCCCC1. The molecule has 1 fully saturated rings. The van der Waals surface area contributed by atoms with Gasteiger partial charge in [0.2, 0.25) is 0 Å². The molecular weight excluding hydrogens is 242 g/mol. The Labute approximate surface area is 113 Å². The normalized spacial score (nSPS) is 16.2. The monoisotopic (exact) mass is 263 g/mol. The first-order chi connectivity index (χ1) is 9.27. The van der Waals surface area contributed by atoms with Gasteiger partial charge < -0.3 is 15.2 Å². The molecule has 104 valence electrons. The quantitative estimate of drug-likeness (QED) is 0.775. The molecule has 4 heteroatoms. The van der Waals surface area contributed by atoms with Crippen molar-refractivity contribution in [2.75, 3.05) is 13.2 Å². The van der Waals surface area contributed by atoms with Gasteiger partial charge in [-0.15, -0.1) is 0 Å². The van der Waals surface area contributed by atoms with E-state index in [1.807, 2.05) is 0 Å². The molecule has 2 N–H and O–H groups in total. The molecule has 0 aliphatic heterocycles. The van der Waals surface area contributed by atoms with E-state index in [1.54, 1.807) is 24.3 Å². The number of rotatable bonds is 6. The van der Waals surface area contributed by atoms with E-state index in [4.69, 9.17) is 9.84 Å². The lowest BCUT2D eigenvalue weighted by molar-refractivity contribution is 0.0692. The molecule has 1 aliphatic carbocycles. The zero-order chi connectivity index (χ0) is 13.5. The maximum atomic E-state index is 11.0. The van der Waals surface area contributed by atoms with Gasteiger partial charge in [0.05, 0.1) is 0 Å². The van der Waals surface area contributed by atoms with E-state index in [9.17, 15) is 4.79 Å². The lowest BCUT2D eigenvalue weighted by atomic mass is 9.96. The molecule has 1 aromatic carbocycles. The summed E-state index contributed by atoms with van der Waals surface area (Å²) >= 11 is 0. The number of benzene rings is 1. The molecule has 1 aromatic rings. The van der Waals surface area contributed by atoms with Gasteiger partial charge >= 0.3 is 5.97 Å². The van der Waals surface area contributed by atoms with Gasteiger partial charge in [0, 0.05) is 12.6 Å². The molecule has 0 radical (unpaired) electrons. The van der Waals surface area contributed by atoms with Crippen LogP contribution in [0.4, 0.5) is 0 Å². The number of aromatic carboxylic acids is 1. The Morgan fingerprint density at radius 3 is 2.74 bits per heavy atom. The Morgan fingerprint density at radius 1 is 1.26 bits per heavy atom. The predicted octanol–water partition coefficient (Wildman–Crippen LogP) is 2.69. The minimum Gasteiger partial charge on any atom is -0.491 e. The van der Waals surface area contributed by atoms with Crippen molar-refractivity contribution in [2.45, 2.75) is 38.1 Å². The van der Waals surface area contributed by atoms with Gasteiger partial charge in [-0.25, -0.2) is 4.79 Å². The first-order valence-corrected chi connectivity index (χ1v) is 6.96. The maximum Gasteiger partial charge on any atom is 0.339 e. The molecule has 0 spiro atoms. The van der Waals surface area contributed by atoms with Gasteiger partial charge in [-0.1, -0.05) is 31.4 Å². The smallest absolute Gasteiger partial charge is 0.339 e. The Hall–Kier alpha value is -1.55. The van der Waals surface area contributed by atoms with Crippen LogP contribution in [0, 0.1) is 0 Å². The summed E-state index contributed by atoms with van der Waals surface area (Å²) in [5.41, 5.74) is 0.222. The van der Waals surface area contributed by atoms with Crippen molar-refractivity contribution in [1.29, 1.82) is 0 Å². The summed E-state index contributed by atoms with van der Waals surface area (Å²) in [6, 6.07) is 7.36. The van der Waals surface area contributed by atoms with E-state index in [1.165, 1.54) is 32.1 Å². The molecule has 0 atom stereocenters. The lowest BCUT2D eigenvalue weighted by Crippen LogP contribution is -2.34. The number of para-hydroxylation sites is 1. The fraction of sp³-hybridized carbons (Fsp3) is 0.533. The number of carbonyl (C=O) groups is 1. The zero-order valence-electron chi connectivity index (χ0n) is 11.1. The number of carboxylic acid groups (broad SMARTS) is 1. The number of hydrogen-bond acceptors (Lipinski definition) is 3. The molecule has 0 saturated heterocycles. The number of ether oxygens (including phenoxy) is 1. The minimum absolute atomic E-state index is 0.222. The molecule has 4 nitrogen and oxygen atoms in total. The molecule has 1 aliphatic rings. The van der Waals surface area contributed by atoms with E-state index in [0.717, 1.165) is 6.54 Å². The topological polar surface area (TPSA) is 58.6 Å². The summed E-state index contributed by atoms with van der Waals surface area (Å²) in [6.07, 6.45) is 6.44. The highest BCUT2D eigenvalue weighted by Gasteiger charge is 2.13. The van der Waals surface area contributed by atoms with Crippen molar-refractivity contribution in [2.24, 2.45) is 0 Å². The van der Waals surface area contributed by atoms with Crippen LogP contribution in [0.15, 0.2) is 24.3 Å². The molecule has 0 heterocycles. The minimum atomic E-state index is -0.948. The Morgan fingerprint density at radius 2 is 2.00 bits per heavy atom. The number of nitrogens with one attached hydrogen (secondary N) is 1. The first kappa shape index (κ1) is 13.9. The van der Waals surface area contributed by atoms with Crippen LogP contribution < -0.4 is 10.1 Å². The van der Waals surface area contributed by atoms with Crippen LogP contribution in [0.3, 0.4) is 0 Å². The third-order valence-corrected chi connectivity index (χ3v) is 3.52. The predicted molar refractivity (Wildman–Crippen MR) is 73.8 cm³/mol. The molecule has 1 saturated carbocycles. The van der Waals surface area contributed by atoms with E-state index in [2.05, 4.69) is 5.32 Å². The van der Waals surface area contributed by atoms with Crippen LogP contribution >= 0.6 is 0 Å². The molecule has 2 rings (SSSR count). The van der Waals surface area contributed by atoms with Crippen LogP contribution in [0.25, 0.3) is 0 Å². The largest absolute Gasteiger partial charge is 0.491 e. The van der Waals surface area contributed by atoms with Crippen molar-refractivity contribution in [1.82, 2.24) is 5.32 Å². The van der Waals surface area contributed by atoms with E-state index < -0.39 is 5.97 Å². The van der Waals surface area contributed by atoms with Gasteiger partial charge in [-0.2, -0.15) is 0 Å². The third-order valence-electron chi connectivity index (χ3n) is 3.52. The summed E-state index contributed by atoms with van der Waals surface area (Å²) < 4.78 is 5.55. The van der Waals surface area contributed by atoms with Crippen molar-refractivity contribution in [3.05, 3.63) is 29.8 Å². The lowest BCUT2D eigenvalue weighted by Gasteiger charge is -2.22. The van der Waals surface area contributed by atoms with Gasteiger partial charge in [0.15, 0.2) is 0 Å². The van der Waals surface area contributed by atoms with Gasteiger partial charge in [-0.3, -0.25) is 0 Å². The molecule has 0 aromatic heterocycles. The van der Waals surface area contributed by atoms with Gasteiger partial charge in [0.1, 0.15) is 17.9 Å². The van der Waals surface area contributed by atoms with Gasteiger partial charge in [0.25, 0.3) is 0 Å². The summed E-state index contributed by atoms with van der Waals surface area (Å²) in [5, 5.41) is 12.5. The van der Waals surface area contributed by atoms with E-state index in [0.29, 0.717) is 18.4 Å². The van der Waals surface area contributed by atoms with Crippen molar-refractivity contribution in [3.8, 4) is 5.75 Å². The molecule has 0 amide bonds. The van der Waals surface area contributed by atoms with Gasteiger partial charge in [-0.05, 0) is 25.0 Å². The van der Waals surface area contributed by atoms with Crippen molar-refractivity contribution in [3.63, 3.8) is 0 Å². The average Bonchev–Trinajstić information content (AvgIpc) is 2.45. The van der Waals surface area contributed by atoms with Crippen LogP contribution in [0.2, 0.25) is 0 Å². The van der Waals surface area contributed by atoms with Crippen LogP contribution in [-0.4, -0.2) is 30.3 Å². The first-order valence-electron chi connectivity index (χ1n) is 6.96. The fourth-order valence-corrected chi connectivity index (χ4v) is 2.50. The summed E-state index contributed by atoms with van der Waals surface area (Å²) in [4.78, 5) is 11.0. The highest BCUT2D eigenvalue weighted by atomic mass is 16.5. The molecule has 0 unspecified atom stereocenters.